The van der Waals surface area contributed by atoms with Crippen LogP contribution in [0.1, 0.15) is 16.1 Å². The first-order valence-electron chi connectivity index (χ1n) is 6.54. The second kappa shape index (κ2) is 6.34. The van der Waals surface area contributed by atoms with Gasteiger partial charge in [-0.15, -0.1) is 0 Å². The fraction of sp³-hybridized carbons (Fsp3) is 0.0588. The molecule has 0 spiro atoms. The maximum absolute atomic E-state index is 12.2. The van der Waals surface area contributed by atoms with Crippen molar-refractivity contribution >= 4 is 55.3 Å². The average Bonchev–Trinajstić information content (AvgIpc) is 2.49. The third-order valence-electron chi connectivity index (χ3n) is 3.23. The summed E-state index contributed by atoms with van der Waals surface area (Å²) in [7, 11) is 0. The van der Waals surface area contributed by atoms with E-state index in [4.69, 9.17) is 4.42 Å². The molecule has 2 aromatic carbocycles. The van der Waals surface area contributed by atoms with E-state index >= 15 is 0 Å². The normalized spacial score (nSPS) is 10.8. The van der Waals surface area contributed by atoms with Gasteiger partial charge >= 0.3 is 0 Å². The third-order valence-corrected chi connectivity index (χ3v) is 4.49. The SMILES string of the molecule is O=C(Cc1cc(=O)c2cc(Br)cc(I)c2o1)c1ccccc1. The first-order valence-corrected chi connectivity index (χ1v) is 8.42. The molecule has 110 valence electrons. The number of hydrogen-bond acceptors (Lipinski definition) is 3. The summed E-state index contributed by atoms with van der Waals surface area (Å²) in [4.78, 5) is 24.5. The second-order valence-electron chi connectivity index (χ2n) is 4.81. The van der Waals surface area contributed by atoms with Gasteiger partial charge in [-0.1, -0.05) is 46.3 Å². The van der Waals surface area contributed by atoms with Crippen LogP contribution in [0.5, 0.6) is 0 Å². The first-order chi connectivity index (χ1) is 10.5. The van der Waals surface area contributed by atoms with Gasteiger partial charge < -0.3 is 4.42 Å². The van der Waals surface area contributed by atoms with Crippen LogP contribution in [0.25, 0.3) is 11.0 Å². The van der Waals surface area contributed by atoms with Crippen LogP contribution >= 0.6 is 38.5 Å². The van der Waals surface area contributed by atoms with Gasteiger partial charge in [0.2, 0.25) is 0 Å². The first kappa shape index (κ1) is 15.4. The molecule has 5 heteroatoms. The number of carbonyl (C=O) groups excluding carboxylic acids is 1. The van der Waals surface area contributed by atoms with E-state index in [1.807, 2.05) is 24.3 Å². The molecule has 3 aromatic rings. The number of rotatable bonds is 3. The van der Waals surface area contributed by atoms with Crippen molar-refractivity contribution < 1.29 is 9.21 Å². The van der Waals surface area contributed by atoms with Crippen molar-refractivity contribution in [3.05, 3.63) is 78.1 Å². The van der Waals surface area contributed by atoms with E-state index in [2.05, 4.69) is 38.5 Å². The topological polar surface area (TPSA) is 47.3 Å². The summed E-state index contributed by atoms with van der Waals surface area (Å²) in [5, 5.41) is 0.509. The minimum atomic E-state index is -0.142. The van der Waals surface area contributed by atoms with Crippen molar-refractivity contribution in [2.75, 3.05) is 0 Å². The van der Waals surface area contributed by atoms with Crippen LogP contribution in [0.3, 0.4) is 0 Å². The number of ketones is 1. The Balaban J connectivity index is 2.02. The van der Waals surface area contributed by atoms with Crippen LogP contribution < -0.4 is 5.43 Å². The second-order valence-corrected chi connectivity index (χ2v) is 6.89. The highest BCUT2D eigenvalue weighted by Gasteiger charge is 2.13. The molecule has 0 aliphatic heterocycles. The van der Waals surface area contributed by atoms with Gasteiger partial charge in [0, 0.05) is 16.1 Å². The van der Waals surface area contributed by atoms with Crippen molar-refractivity contribution in [3.8, 4) is 0 Å². The van der Waals surface area contributed by atoms with Crippen molar-refractivity contribution in [1.82, 2.24) is 0 Å². The summed E-state index contributed by atoms with van der Waals surface area (Å²) in [5.41, 5.74) is 0.985. The fourth-order valence-corrected chi connectivity index (χ4v) is 3.83. The standard InChI is InChI=1S/C17H10BrIO3/c18-11-6-13-16(21)9-12(22-17(13)14(19)7-11)8-15(20)10-4-2-1-3-5-10/h1-7,9H,8H2. The number of Topliss-reactive ketones (excluding diaryl/α,β-unsaturated/α-hetero) is 1. The molecule has 0 atom stereocenters. The Morgan fingerprint density at radius 1 is 1.14 bits per heavy atom. The van der Waals surface area contributed by atoms with Crippen molar-refractivity contribution in [3.63, 3.8) is 0 Å². The lowest BCUT2D eigenvalue weighted by molar-refractivity contribution is 0.0987. The van der Waals surface area contributed by atoms with Gasteiger partial charge in [-0.2, -0.15) is 0 Å². The lowest BCUT2D eigenvalue weighted by atomic mass is 10.1. The summed E-state index contributed by atoms with van der Waals surface area (Å²) in [5.74, 6) is 0.307. The van der Waals surface area contributed by atoms with Crippen LogP contribution in [-0.4, -0.2) is 5.78 Å². The quantitative estimate of drug-likeness (QED) is 0.417. The minimum Gasteiger partial charge on any atom is -0.459 e. The molecule has 22 heavy (non-hydrogen) atoms. The van der Waals surface area contributed by atoms with Gasteiger partial charge in [0.1, 0.15) is 5.76 Å². The van der Waals surface area contributed by atoms with E-state index in [1.54, 1.807) is 18.2 Å². The Labute approximate surface area is 148 Å². The van der Waals surface area contributed by atoms with Gasteiger partial charge in [0.15, 0.2) is 16.8 Å². The van der Waals surface area contributed by atoms with Gasteiger partial charge in [-0.25, -0.2) is 0 Å². The molecule has 0 saturated carbocycles. The van der Waals surface area contributed by atoms with Crippen LogP contribution in [-0.2, 0) is 6.42 Å². The largest absolute Gasteiger partial charge is 0.459 e. The van der Waals surface area contributed by atoms with Gasteiger partial charge in [0.05, 0.1) is 15.4 Å². The molecule has 0 saturated heterocycles. The monoisotopic (exact) mass is 468 g/mol. The Kier molecular flexibility index (Phi) is 4.44. The molecule has 0 aliphatic rings. The lowest BCUT2D eigenvalue weighted by Crippen LogP contribution is -2.08. The van der Waals surface area contributed by atoms with Gasteiger partial charge in [-0.3, -0.25) is 9.59 Å². The zero-order valence-corrected chi connectivity index (χ0v) is 15.1. The van der Waals surface area contributed by atoms with Crippen LogP contribution in [0.15, 0.2) is 62.2 Å². The molecular formula is C17H10BrIO3. The summed E-state index contributed by atoms with van der Waals surface area (Å²) >= 11 is 5.48. The summed E-state index contributed by atoms with van der Waals surface area (Å²) in [6, 6.07) is 14.0. The molecule has 1 heterocycles. The van der Waals surface area contributed by atoms with E-state index in [9.17, 15) is 9.59 Å². The van der Waals surface area contributed by atoms with Gasteiger partial charge in [-0.05, 0) is 34.7 Å². The molecule has 0 amide bonds. The molecular weight excluding hydrogens is 459 g/mol. The molecule has 0 N–H and O–H groups in total. The van der Waals surface area contributed by atoms with E-state index in [-0.39, 0.29) is 17.6 Å². The summed E-state index contributed by atoms with van der Waals surface area (Å²) < 4.78 is 7.42. The molecule has 1 aromatic heterocycles. The summed E-state index contributed by atoms with van der Waals surface area (Å²) in [6.45, 7) is 0. The van der Waals surface area contributed by atoms with Crippen molar-refractivity contribution in [2.45, 2.75) is 6.42 Å². The zero-order valence-electron chi connectivity index (χ0n) is 11.3. The van der Waals surface area contributed by atoms with E-state index in [1.165, 1.54) is 6.07 Å². The highest BCUT2D eigenvalue weighted by molar-refractivity contribution is 14.1. The number of carbonyl (C=O) groups is 1. The number of benzene rings is 2. The smallest absolute Gasteiger partial charge is 0.193 e. The third kappa shape index (κ3) is 3.15. The Morgan fingerprint density at radius 2 is 1.86 bits per heavy atom. The summed E-state index contributed by atoms with van der Waals surface area (Å²) in [6.07, 6.45) is 0.0708. The van der Waals surface area contributed by atoms with Crippen molar-refractivity contribution in [2.24, 2.45) is 0 Å². The minimum absolute atomic E-state index is 0.0708. The molecule has 0 radical (unpaired) electrons. The maximum Gasteiger partial charge on any atom is 0.193 e. The molecule has 0 aliphatic carbocycles. The Hall–Kier alpha value is -1.47. The number of hydrogen-bond donors (Lipinski definition) is 0. The Morgan fingerprint density at radius 3 is 2.59 bits per heavy atom. The number of halogens is 2. The predicted molar refractivity (Wildman–Crippen MR) is 97.4 cm³/mol. The molecule has 0 bridgehead atoms. The van der Waals surface area contributed by atoms with E-state index < -0.39 is 0 Å². The average molecular weight is 469 g/mol. The highest BCUT2D eigenvalue weighted by Crippen LogP contribution is 2.24. The molecule has 0 unspecified atom stereocenters. The van der Waals surface area contributed by atoms with E-state index in [0.29, 0.717) is 22.3 Å². The maximum atomic E-state index is 12.2. The highest BCUT2D eigenvalue weighted by atomic mass is 127. The van der Waals surface area contributed by atoms with Crippen LogP contribution in [0, 0.1) is 3.57 Å². The Bertz CT molecular complexity index is 916. The van der Waals surface area contributed by atoms with Crippen LogP contribution in [0.2, 0.25) is 0 Å². The van der Waals surface area contributed by atoms with Gasteiger partial charge in [0.25, 0.3) is 0 Å². The fourth-order valence-electron chi connectivity index (χ4n) is 2.20. The molecule has 0 fully saturated rings. The van der Waals surface area contributed by atoms with E-state index in [0.717, 1.165) is 8.04 Å². The van der Waals surface area contributed by atoms with Crippen molar-refractivity contribution in [1.29, 1.82) is 0 Å². The zero-order chi connectivity index (χ0) is 15.7. The molecule has 3 nitrogen and oxygen atoms in total. The van der Waals surface area contributed by atoms with Crippen LogP contribution in [0.4, 0.5) is 0 Å². The number of fused-ring (bicyclic) bond motifs is 1. The lowest BCUT2D eigenvalue weighted by Gasteiger charge is -2.05. The predicted octanol–water partition coefficient (Wildman–Crippen LogP) is 4.59. The molecule has 3 rings (SSSR count).